The lowest BCUT2D eigenvalue weighted by atomic mass is 9.87. The Balaban J connectivity index is 4.26. The van der Waals surface area contributed by atoms with Gasteiger partial charge in [-0.3, -0.25) is 0 Å². The molecule has 0 fully saturated rings. The molecule has 92 valence electrons. The zero-order valence-corrected chi connectivity index (χ0v) is 8.97. The molecule has 0 atom stereocenters. The van der Waals surface area contributed by atoms with Gasteiger partial charge in [-0.15, -0.1) is 0 Å². The average Bonchev–Trinajstić information content (AvgIpc) is 1.97. The third kappa shape index (κ3) is 7.63. The maximum Gasteiger partial charge on any atom is 0.0703 e. The molecular weight excluding hydrogens is 196 g/mol. The molecule has 0 aromatic carbocycles. The fraction of sp³-hybridized carbons (Fsp3) is 1.00. The Morgan fingerprint density at radius 3 is 1.47 bits per heavy atom. The van der Waals surface area contributed by atoms with Crippen LogP contribution in [0.3, 0.4) is 0 Å². The first-order chi connectivity index (χ1) is 6.75. The van der Waals surface area contributed by atoms with Crippen molar-refractivity contribution < 1.29 is 5.11 Å². The van der Waals surface area contributed by atoms with Crippen molar-refractivity contribution in [1.29, 1.82) is 0 Å². The summed E-state index contributed by atoms with van der Waals surface area (Å²) in [5.41, 5.74) is 31.5. The minimum atomic E-state index is -1.08. The smallest absolute Gasteiger partial charge is 0.0703 e. The molecule has 0 spiro atoms. The first-order valence-electron chi connectivity index (χ1n) is 5.01. The van der Waals surface area contributed by atoms with Crippen LogP contribution in [0.25, 0.3) is 0 Å². The summed E-state index contributed by atoms with van der Waals surface area (Å²) < 4.78 is 0. The van der Waals surface area contributed by atoms with Crippen LogP contribution < -0.4 is 34.4 Å². The van der Waals surface area contributed by atoms with Crippen LogP contribution in [0.2, 0.25) is 0 Å². The van der Waals surface area contributed by atoms with E-state index in [1.54, 1.807) is 0 Å². The fourth-order valence-corrected chi connectivity index (χ4v) is 1.60. The first-order valence-corrected chi connectivity index (χ1v) is 5.01. The Morgan fingerprint density at radius 1 is 0.800 bits per heavy atom. The minimum Gasteiger partial charge on any atom is -0.390 e. The fourth-order valence-electron chi connectivity index (χ4n) is 1.60. The Morgan fingerprint density at radius 2 is 1.20 bits per heavy atom. The normalized spacial score (nSPS) is 13.2. The Kier molecular flexibility index (Phi) is 6.22. The molecule has 0 saturated heterocycles. The molecule has 13 N–H and O–H groups in total. The number of rotatable bonds is 7. The average molecular weight is 220 g/mol. The van der Waals surface area contributed by atoms with Crippen molar-refractivity contribution in [3.63, 3.8) is 0 Å². The van der Waals surface area contributed by atoms with Gasteiger partial charge in [-0.05, 0) is 12.8 Å². The van der Waals surface area contributed by atoms with Crippen molar-refractivity contribution in [3.05, 3.63) is 0 Å². The highest BCUT2D eigenvalue weighted by Crippen LogP contribution is 2.22. The molecule has 0 radical (unpaired) electrons. The monoisotopic (exact) mass is 220 g/mol. The Hall–Kier alpha value is -0.280. The standard InChI is InChI=1S/C8H24N6O/c9-5(10)1-2-8(15,3-6(11)12)4-7(13)14/h5-7,15H,1-4,9-14H2. The topological polar surface area (TPSA) is 176 Å². The highest BCUT2D eigenvalue weighted by molar-refractivity contribution is 4.84. The summed E-state index contributed by atoms with van der Waals surface area (Å²) in [6, 6.07) is 0. The van der Waals surface area contributed by atoms with E-state index >= 15 is 0 Å². The van der Waals surface area contributed by atoms with Gasteiger partial charge in [0.25, 0.3) is 0 Å². The molecule has 0 saturated carbocycles. The van der Waals surface area contributed by atoms with Gasteiger partial charge in [0.15, 0.2) is 0 Å². The van der Waals surface area contributed by atoms with Crippen molar-refractivity contribution in [3.8, 4) is 0 Å². The van der Waals surface area contributed by atoms with Gasteiger partial charge in [-0.1, -0.05) is 0 Å². The Labute approximate surface area is 90.1 Å². The van der Waals surface area contributed by atoms with Crippen LogP contribution in [0.4, 0.5) is 0 Å². The van der Waals surface area contributed by atoms with Gasteiger partial charge in [-0.2, -0.15) is 0 Å². The molecule has 0 unspecified atom stereocenters. The summed E-state index contributed by atoms with van der Waals surface area (Å²) in [4.78, 5) is 0. The molecule has 0 aromatic rings. The highest BCUT2D eigenvalue weighted by Gasteiger charge is 2.29. The molecule has 7 heteroatoms. The van der Waals surface area contributed by atoms with Crippen molar-refractivity contribution in [2.24, 2.45) is 34.4 Å². The SMILES string of the molecule is NC(N)CCC(O)(CC(N)N)CC(N)N. The van der Waals surface area contributed by atoms with Gasteiger partial charge in [0, 0.05) is 12.8 Å². The van der Waals surface area contributed by atoms with E-state index in [-0.39, 0.29) is 12.8 Å². The van der Waals surface area contributed by atoms with Crippen molar-refractivity contribution in [2.75, 3.05) is 0 Å². The van der Waals surface area contributed by atoms with E-state index in [0.717, 1.165) is 0 Å². The predicted octanol–water partition coefficient (Wildman–Crippen LogP) is -2.99. The third-order valence-corrected chi connectivity index (χ3v) is 2.17. The van der Waals surface area contributed by atoms with E-state index in [2.05, 4.69) is 0 Å². The number of hydrogen-bond acceptors (Lipinski definition) is 7. The lowest BCUT2D eigenvalue weighted by molar-refractivity contribution is 0.000266. The van der Waals surface area contributed by atoms with E-state index in [1.807, 2.05) is 0 Å². The van der Waals surface area contributed by atoms with Crippen LogP contribution >= 0.6 is 0 Å². The van der Waals surface area contributed by atoms with Gasteiger partial charge < -0.3 is 39.5 Å². The van der Waals surface area contributed by atoms with Crippen LogP contribution in [0, 0.1) is 0 Å². The van der Waals surface area contributed by atoms with E-state index in [0.29, 0.717) is 12.8 Å². The zero-order valence-electron chi connectivity index (χ0n) is 8.97. The molecule has 0 aliphatic heterocycles. The van der Waals surface area contributed by atoms with Gasteiger partial charge in [-0.25, -0.2) is 0 Å². The summed E-state index contributed by atoms with van der Waals surface area (Å²) in [6.45, 7) is 0. The number of hydrogen-bond donors (Lipinski definition) is 7. The van der Waals surface area contributed by atoms with Crippen molar-refractivity contribution in [2.45, 2.75) is 49.8 Å². The zero-order chi connectivity index (χ0) is 12.1. The van der Waals surface area contributed by atoms with E-state index in [9.17, 15) is 5.11 Å². The largest absolute Gasteiger partial charge is 0.390 e. The quantitative estimate of drug-likeness (QED) is 0.224. The maximum atomic E-state index is 10.2. The third-order valence-electron chi connectivity index (χ3n) is 2.17. The predicted molar refractivity (Wildman–Crippen MR) is 59.9 cm³/mol. The van der Waals surface area contributed by atoms with Gasteiger partial charge >= 0.3 is 0 Å². The molecule has 0 rings (SSSR count). The molecule has 0 bridgehead atoms. The molecule has 0 aromatic heterocycles. The lowest BCUT2D eigenvalue weighted by Crippen LogP contribution is -2.48. The molecule has 0 amide bonds. The summed E-state index contributed by atoms with van der Waals surface area (Å²) in [5.74, 6) is 0. The second-order valence-electron chi connectivity index (χ2n) is 4.16. The van der Waals surface area contributed by atoms with Gasteiger partial charge in [0.1, 0.15) is 0 Å². The number of aliphatic hydroxyl groups is 1. The maximum absolute atomic E-state index is 10.2. The summed E-state index contributed by atoms with van der Waals surface area (Å²) in [6.07, 6.45) is -0.379. The second-order valence-corrected chi connectivity index (χ2v) is 4.16. The van der Waals surface area contributed by atoms with Crippen LogP contribution in [-0.2, 0) is 0 Å². The summed E-state index contributed by atoms with van der Waals surface area (Å²) in [5, 5.41) is 10.2. The second kappa shape index (κ2) is 6.33. The molecule has 7 nitrogen and oxygen atoms in total. The van der Waals surface area contributed by atoms with Gasteiger partial charge in [0.2, 0.25) is 0 Å². The summed E-state index contributed by atoms with van der Waals surface area (Å²) in [7, 11) is 0. The van der Waals surface area contributed by atoms with E-state index < -0.39 is 24.1 Å². The Bertz CT molecular complexity index is 163. The molecule has 0 aliphatic carbocycles. The van der Waals surface area contributed by atoms with Crippen LogP contribution in [0.15, 0.2) is 0 Å². The molecular formula is C8H24N6O. The van der Waals surface area contributed by atoms with Crippen LogP contribution in [0.5, 0.6) is 0 Å². The van der Waals surface area contributed by atoms with Crippen LogP contribution in [0.1, 0.15) is 25.7 Å². The summed E-state index contributed by atoms with van der Waals surface area (Å²) >= 11 is 0. The molecule has 15 heavy (non-hydrogen) atoms. The van der Waals surface area contributed by atoms with Crippen LogP contribution in [-0.4, -0.2) is 29.2 Å². The lowest BCUT2D eigenvalue weighted by Gasteiger charge is -2.31. The van der Waals surface area contributed by atoms with E-state index in [1.165, 1.54) is 0 Å². The van der Waals surface area contributed by atoms with Crippen molar-refractivity contribution in [1.82, 2.24) is 0 Å². The first kappa shape index (κ1) is 14.7. The van der Waals surface area contributed by atoms with Gasteiger partial charge in [0.05, 0.1) is 24.1 Å². The number of nitrogens with two attached hydrogens (primary N) is 6. The molecule has 0 heterocycles. The highest BCUT2D eigenvalue weighted by atomic mass is 16.3. The van der Waals surface area contributed by atoms with Crippen molar-refractivity contribution >= 4 is 0 Å². The molecule has 0 aliphatic rings. The van der Waals surface area contributed by atoms with E-state index in [4.69, 9.17) is 34.4 Å². The minimum absolute atomic E-state index is 0.227.